The molecule has 84 valence electrons. The summed E-state index contributed by atoms with van der Waals surface area (Å²) in [5.41, 5.74) is 0. The number of hydrogen-bond acceptors (Lipinski definition) is 5. The van der Waals surface area contributed by atoms with Crippen molar-refractivity contribution in [1.82, 2.24) is 10.5 Å². The van der Waals surface area contributed by atoms with E-state index in [-0.39, 0.29) is 24.5 Å². The summed E-state index contributed by atoms with van der Waals surface area (Å²) in [6, 6.07) is 1.41. The van der Waals surface area contributed by atoms with Gasteiger partial charge in [-0.25, -0.2) is 13.6 Å². The van der Waals surface area contributed by atoms with Crippen molar-refractivity contribution in [2.75, 3.05) is 12.3 Å². The molecule has 1 aromatic heterocycles. The first kappa shape index (κ1) is 11.7. The lowest BCUT2D eigenvalue weighted by atomic mass is 10.4. The normalized spacial score (nSPS) is 11.3. The topological polar surface area (TPSA) is 115 Å². The van der Waals surface area contributed by atoms with Crippen LogP contribution in [0.15, 0.2) is 16.8 Å². The smallest absolute Gasteiger partial charge is 0.289 e. The second-order valence-corrected chi connectivity index (χ2v) is 4.59. The average Bonchev–Trinajstić information content (AvgIpc) is 2.63. The number of nitrogens with one attached hydrogen (secondary N) is 1. The molecular weight excluding hydrogens is 222 g/mol. The first-order valence-electron chi connectivity index (χ1n) is 4.18. The number of amides is 1. The lowest BCUT2D eigenvalue weighted by molar-refractivity contribution is 0.0917. The van der Waals surface area contributed by atoms with Crippen LogP contribution in [0.5, 0.6) is 0 Å². The van der Waals surface area contributed by atoms with E-state index in [2.05, 4.69) is 15.0 Å². The largest absolute Gasteiger partial charge is 0.351 e. The van der Waals surface area contributed by atoms with E-state index in [0.717, 1.165) is 0 Å². The molecule has 1 heterocycles. The van der Waals surface area contributed by atoms with Gasteiger partial charge in [-0.15, -0.1) is 0 Å². The van der Waals surface area contributed by atoms with Crippen LogP contribution in [0.1, 0.15) is 17.0 Å². The molecule has 0 aliphatic rings. The van der Waals surface area contributed by atoms with Gasteiger partial charge in [0.2, 0.25) is 15.8 Å². The van der Waals surface area contributed by atoms with Crippen LogP contribution in [0.2, 0.25) is 0 Å². The molecule has 0 aromatic carbocycles. The highest BCUT2D eigenvalue weighted by Crippen LogP contribution is 1.95. The van der Waals surface area contributed by atoms with E-state index < -0.39 is 15.9 Å². The Morgan fingerprint density at radius 2 is 2.33 bits per heavy atom. The van der Waals surface area contributed by atoms with Crippen molar-refractivity contribution in [3.8, 4) is 0 Å². The lowest BCUT2D eigenvalue weighted by Crippen LogP contribution is -2.27. The van der Waals surface area contributed by atoms with Crippen molar-refractivity contribution < 1.29 is 17.7 Å². The first-order chi connectivity index (χ1) is 6.99. The highest BCUT2D eigenvalue weighted by atomic mass is 32.2. The van der Waals surface area contributed by atoms with Crippen LogP contribution < -0.4 is 10.5 Å². The van der Waals surface area contributed by atoms with E-state index in [1.165, 1.54) is 12.3 Å². The summed E-state index contributed by atoms with van der Waals surface area (Å²) in [6.07, 6.45) is 1.61. The number of aromatic nitrogens is 1. The number of nitrogens with zero attached hydrogens (tertiary/aromatic N) is 1. The van der Waals surface area contributed by atoms with Gasteiger partial charge in [-0.2, -0.15) is 0 Å². The molecule has 3 N–H and O–H groups in total. The van der Waals surface area contributed by atoms with Gasteiger partial charge in [-0.3, -0.25) is 4.79 Å². The molecule has 1 amide bonds. The molecule has 1 rings (SSSR count). The number of hydrogen-bond donors (Lipinski definition) is 2. The molecule has 0 bridgehead atoms. The number of sulfonamides is 1. The molecule has 0 aliphatic carbocycles. The fraction of sp³-hybridized carbons (Fsp3) is 0.429. The zero-order valence-electron chi connectivity index (χ0n) is 7.84. The van der Waals surface area contributed by atoms with Crippen molar-refractivity contribution >= 4 is 15.9 Å². The molecule has 0 spiro atoms. The van der Waals surface area contributed by atoms with Crippen LogP contribution in [0, 0.1) is 0 Å². The van der Waals surface area contributed by atoms with Crippen molar-refractivity contribution in [2.45, 2.75) is 6.42 Å². The summed E-state index contributed by atoms with van der Waals surface area (Å²) < 4.78 is 25.7. The van der Waals surface area contributed by atoms with E-state index in [1.54, 1.807) is 0 Å². The molecule has 0 aliphatic heterocycles. The summed E-state index contributed by atoms with van der Waals surface area (Å²) in [5.74, 6) is -0.503. The molecule has 0 unspecified atom stereocenters. The van der Waals surface area contributed by atoms with Gasteiger partial charge in [0, 0.05) is 12.6 Å². The standard InChI is InChI=1S/C7H11N3O4S/c8-15(12,13)5-1-3-9-7(11)6-2-4-10-14-6/h2,4H,1,3,5H2,(H,9,11)(H2,8,12,13). The molecule has 0 atom stereocenters. The van der Waals surface area contributed by atoms with Crippen LogP contribution in [0.3, 0.4) is 0 Å². The van der Waals surface area contributed by atoms with E-state index in [9.17, 15) is 13.2 Å². The third-order valence-electron chi connectivity index (χ3n) is 1.55. The quantitative estimate of drug-likeness (QED) is 0.638. The Morgan fingerprint density at radius 1 is 1.60 bits per heavy atom. The third-order valence-corrected chi connectivity index (χ3v) is 2.41. The van der Waals surface area contributed by atoms with E-state index in [0.29, 0.717) is 0 Å². The Balaban J connectivity index is 2.24. The van der Waals surface area contributed by atoms with Crippen LogP contribution >= 0.6 is 0 Å². The first-order valence-corrected chi connectivity index (χ1v) is 5.90. The fourth-order valence-corrected chi connectivity index (χ4v) is 1.44. The zero-order valence-corrected chi connectivity index (χ0v) is 8.66. The van der Waals surface area contributed by atoms with Crippen LogP contribution in [0.4, 0.5) is 0 Å². The van der Waals surface area contributed by atoms with Gasteiger partial charge in [-0.1, -0.05) is 5.16 Å². The predicted molar refractivity (Wildman–Crippen MR) is 51.4 cm³/mol. The van der Waals surface area contributed by atoms with Gasteiger partial charge < -0.3 is 9.84 Å². The Hall–Kier alpha value is -1.41. The lowest BCUT2D eigenvalue weighted by Gasteiger charge is -2.01. The van der Waals surface area contributed by atoms with Crippen molar-refractivity contribution in [2.24, 2.45) is 5.14 Å². The van der Waals surface area contributed by atoms with Crippen molar-refractivity contribution in [1.29, 1.82) is 0 Å². The van der Waals surface area contributed by atoms with Gasteiger partial charge in [0.15, 0.2) is 0 Å². The highest BCUT2D eigenvalue weighted by Gasteiger charge is 2.09. The zero-order chi connectivity index (χ0) is 11.3. The summed E-state index contributed by atoms with van der Waals surface area (Å²) >= 11 is 0. The summed E-state index contributed by atoms with van der Waals surface area (Å²) in [7, 11) is -3.46. The minimum Gasteiger partial charge on any atom is -0.351 e. The molecular formula is C7H11N3O4S. The molecule has 0 saturated heterocycles. The molecule has 0 saturated carbocycles. The van der Waals surface area contributed by atoms with E-state index >= 15 is 0 Å². The summed E-state index contributed by atoms with van der Waals surface area (Å²) in [5, 5.41) is 10.6. The van der Waals surface area contributed by atoms with Crippen molar-refractivity contribution in [3.05, 3.63) is 18.0 Å². The minimum absolute atomic E-state index is 0.0885. The maximum atomic E-state index is 11.2. The number of carbonyl (C=O) groups excluding carboxylic acids is 1. The maximum Gasteiger partial charge on any atom is 0.289 e. The molecule has 1 aromatic rings. The monoisotopic (exact) mass is 233 g/mol. The molecule has 8 heteroatoms. The predicted octanol–water partition coefficient (Wildman–Crippen LogP) is -0.917. The van der Waals surface area contributed by atoms with Crippen LogP contribution in [-0.4, -0.2) is 31.8 Å². The third kappa shape index (κ3) is 4.56. The Bertz CT molecular complexity index is 411. The van der Waals surface area contributed by atoms with Gasteiger partial charge >= 0.3 is 0 Å². The Morgan fingerprint density at radius 3 is 2.87 bits per heavy atom. The Labute approximate surface area is 86.7 Å². The van der Waals surface area contributed by atoms with Crippen molar-refractivity contribution in [3.63, 3.8) is 0 Å². The molecule has 0 fully saturated rings. The fourth-order valence-electron chi connectivity index (χ4n) is 0.895. The van der Waals surface area contributed by atoms with Gasteiger partial charge in [0.1, 0.15) is 0 Å². The van der Waals surface area contributed by atoms with Gasteiger partial charge in [0.25, 0.3) is 5.91 Å². The average molecular weight is 233 g/mol. The second-order valence-electron chi connectivity index (χ2n) is 2.85. The number of nitrogens with two attached hydrogens (primary N) is 1. The number of primary sulfonamides is 1. The van der Waals surface area contributed by atoms with Crippen LogP contribution in [0.25, 0.3) is 0 Å². The number of rotatable bonds is 5. The summed E-state index contributed by atoms with van der Waals surface area (Å²) in [6.45, 7) is 0.218. The Kier molecular flexibility index (Phi) is 3.81. The minimum atomic E-state index is -3.46. The van der Waals surface area contributed by atoms with E-state index in [1.807, 2.05) is 0 Å². The van der Waals surface area contributed by atoms with Crippen LogP contribution in [-0.2, 0) is 10.0 Å². The van der Waals surface area contributed by atoms with Gasteiger partial charge in [-0.05, 0) is 6.42 Å². The second kappa shape index (κ2) is 4.89. The van der Waals surface area contributed by atoms with E-state index in [4.69, 9.17) is 5.14 Å². The molecule has 7 nitrogen and oxygen atoms in total. The SMILES string of the molecule is NS(=O)(=O)CCCNC(=O)c1ccno1. The molecule has 0 radical (unpaired) electrons. The number of carbonyl (C=O) groups is 1. The summed E-state index contributed by atoms with van der Waals surface area (Å²) in [4.78, 5) is 11.2. The maximum absolute atomic E-state index is 11.2. The highest BCUT2D eigenvalue weighted by molar-refractivity contribution is 7.89. The molecule has 15 heavy (non-hydrogen) atoms. The van der Waals surface area contributed by atoms with Gasteiger partial charge in [0.05, 0.1) is 11.9 Å².